The van der Waals surface area contributed by atoms with Crippen LogP contribution >= 0.6 is 0 Å². The lowest BCUT2D eigenvalue weighted by Gasteiger charge is -2.27. The molecule has 0 spiro atoms. The first-order valence-electron chi connectivity index (χ1n) is 7.47. The van der Waals surface area contributed by atoms with Crippen molar-refractivity contribution >= 4 is 5.91 Å². The van der Waals surface area contributed by atoms with E-state index in [1.807, 2.05) is 11.9 Å². The lowest BCUT2D eigenvalue weighted by atomic mass is 10.1. The Labute approximate surface area is 122 Å². The Bertz CT molecular complexity index is 476. The summed E-state index contributed by atoms with van der Waals surface area (Å²) >= 11 is 0. The molecule has 1 aliphatic rings. The fourth-order valence-corrected chi connectivity index (χ4v) is 2.83. The van der Waals surface area contributed by atoms with Crippen molar-refractivity contribution in [1.82, 2.24) is 10.2 Å². The third kappa shape index (κ3) is 3.60. The lowest BCUT2D eigenvalue weighted by Crippen LogP contribution is -2.39. The number of carbonyl (C=O) groups is 1. The molecule has 1 aromatic carbocycles. The Morgan fingerprint density at radius 2 is 2.05 bits per heavy atom. The summed E-state index contributed by atoms with van der Waals surface area (Å²) in [5.74, 6) is 0.225. The third-order valence-electron chi connectivity index (χ3n) is 3.96. The van der Waals surface area contributed by atoms with E-state index < -0.39 is 0 Å². The minimum atomic E-state index is 0.0683. The third-order valence-corrected chi connectivity index (χ3v) is 3.96. The zero-order chi connectivity index (χ0) is 14.8. The van der Waals surface area contributed by atoms with Crippen molar-refractivity contribution in [3.63, 3.8) is 0 Å². The van der Waals surface area contributed by atoms with Crippen LogP contribution in [0.25, 0.3) is 0 Å². The number of nitrogens with one attached hydrogen (secondary N) is 1. The van der Waals surface area contributed by atoms with Crippen LogP contribution in [0.3, 0.4) is 0 Å². The van der Waals surface area contributed by atoms with Crippen LogP contribution in [0.15, 0.2) is 24.3 Å². The van der Waals surface area contributed by atoms with Crippen LogP contribution in [0, 0.1) is 0 Å². The van der Waals surface area contributed by atoms with Gasteiger partial charge in [0, 0.05) is 25.6 Å². The van der Waals surface area contributed by atoms with Crippen LogP contribution in [0.5, 0.6) is 0 Å². The molecule has 3 nitrogen and oxygen atoms in total. The number of rotatable bonds is 4. The number of hydrogen-bond acceptors (Lipinski definition) is 2. The number of nitrogens with zero attached hydrogens (tertiary/aromatic N) is 1. The van der Waals surface area contributed by atoms with Gasteiger partial charge in [0.25, 0.3) is 0 Å². The Hall–Kier alpha value is -1.35. The number of amides is 1. The van der Waals surface area contributed by atoms with E-state index >= 15 is 0 Å². The van der Waals surface area contributed by atoms with Gasteiger partial charge in [-0.05, 0) is 44.7 Å². The fourth-order valence-electron chi connectivity index (χ4n) is 2.83. The first-order valence-corrected chi connectivity index (χ1v) is 7.47. The highest BCUT2D eigenvalue weighted by Gasteiger charge is 2.27. The number of aryl methyl sites for hydroxylation is 1. The summed E-state index contributed by atoms with van der Waals surface area (Å²) in [5.41, 5.74) is 2.79. The summed E-state index contributed by atoms with van der Waals surface area (Å²) < 4.78 is 0. The molecule has 1 aliphatic carbocycles. The molecule has 3 heteroatoms. The Kier molecular flexibility index (Phi) is 4.48. The molecular weight excluding hydrogens is 248 g/mol. The molecule has 1 N–H and O–H groups in total. The number of hydrogen-bond donors (Lipinski definition) is 1. The SMILES string of the molecule is CN(C(=O)CCNC(C)(C)C)C1CCc2ccccc21. The predicted octanol–water partition coefficient (Wildman–Crippen LogP) is 2.91. The zero-order valence-corrected chi connectivity index (χ0v) is 13.1. The highest BCUT2D eigenvalue weighted by atomic mass is 16.2. The molecular formula is C17H26N2O. The minimum absolute atomic E-state index is 0.0683. The second-order valence-corrected chi connectivity index (χ2v) is 6.68. The molecule has 0 fully saturated rings. The van der Waals surface area contributed by atoms with Gasteiger partial charge in [-0.3, -0.25) is 4.79 Å². The van der Waals surface area contributed by atoms with E-state index in [-0.39, 0.29) is 17.5 Å². The summed E-state index contributed by atoms with van der Waals surface area (Å²) in [6.07, 6.45) is 2.69. The van der Waals surface area contributed by atoms with Gasteiger partial charge in [0.2, 0.25) is 5.91 Å². The van der Waals surface area contributed by atoms with E-state index in [1.165, 1.54) is 11.1 Å². The maximum atomic E-state index is 12.3. The van der Waals surface area contributed by atoms with Crippen LogP contribution in [0.1, 0.15) is 50.8 Å². The van der Waals surface area contributed by atoms with Crippen LogP contribution in [0.4, 0.5) is 0 Å². The Morgan fingerprint density at radius 1 is 1.35 bits per heavy atom. The van der Waals surface area contributed by atoms with Gasteiger partial charge in [0.15, 0.2) is 0 Å². The zero-order valence-electron chi connectivity index (χ0n) is 13.1. The highest BCUT2D eigenvalue weighted by molar-refractivity contribution is 5.76. The van der Waals surface area contributed by atoms with Gasteiger partial charge in [-0.15, -0.1) is 0 Å². The summed E-state index contributed by atoms with van der Waals surface area (Å²) in [5, 5.41) is 3.37. The smallest absolute Gasteiger partial charge is 0.224 e. The second-order valence-electron chi connectivity index (χ2n) is 6.68. The molecule has 1 unspecified atom stereocenters. The van der Waals surface area contributed by atoms with Crippen LogP contribution in [0.2, 0.25) is 0 Å². The summed E-state index contributed by atoms with van der Waals surface area (Å²) in [7, 11) is 1.94. The monoisotopic (exact) mass is 274 g/mol. The Morgan fingerprint density at radius 3 is 2.75 bits per heavy atom. The van der Waals surface area contributed by atoms with Gasteiger partial charge in [0.05, 0.1) is 6.04 Å². The van der Waals surface area contributed by atoms with Crippen molar-refractivity contribution in [3.8, 4) is 0 Å². The summed E-state index contributed by atoms with van der Waals surface area (Å²) in [6, 6.07) is 8.74. The van der Waals surface area contributed by atoms with Crippen molar-refractivity contribution in [2.75, 3.05) is 13.6 Å². The molecule has 0 heterocycles. The van der Waals surface area contributed by atoms with E-state index in [2.05, 4.69) is 50.4 Å². The molecule has 20 heavy (non-hydrogen) atoms. The van der Waals surface area contributed by atoms with Gasteiger partial charge >= 0.3 is 0 Å². The van der Waals surface area contributed by atoms with E-state index in [0.717, 1.165) is 19.4 Å². The van der Waals surface area contributed by atoms with Crippen LogP contribution < -0.4 is 5.32 Å². The van der Waals surface area contributed by atoms with Gasteiger partial charge in [-0.25, -0.2) is 0 Å². The highest BCUT2D eigenvalue weighted by Crippen LogP contribution is 2.34. The first kappa shape index (κ1) is 15.0. The average molecular weight is 274 g/mol. The van der Waals surface area contributed by atoms with E-state index in [0.29, 0.717) is 6.42 Å². The first-order chi connectivity index (χ1) is 9.38. The molecule has 2 rings (SSSR count). The molecule has 1 amide bonds. The number of fused-ring (bicyclic) bond motifs is 1. The van der Waals surface area contributed by atoms with Crippen molar-refractivity contribution in [3.05, 3.63) is 35.4 Å². The minimum Gasteiger partial charge on any atom is -0.339 e. The number of carbonyl (C=O) groups excluding carboxylic acids is 1. The van der Waals surface area contributed by atoms with Crippen molar-refractivity contribution in [2.24, 2.45) is 0 Å². The average Bonchev–Trinajstić information content (AvgIpc) is 2.80. The fraction of sp³-hybridized carbons (Fsp3) is 0.588. The molecule has 0 saturated heterocycles. The standard InChI is InChI=1S/C17H26N2O/c1-17(2,3)18-12-11-16(20)19(4)15-10-9-13-7-5-6-8-14(13)15/h5-8,15,18H,9-12H2,1-4H3. The van der Waals surface area contributed by atoms with Crippen molar-refractivity contribution in [2.45, 2.75) is 51.6 Å². The maximum Gasteiger partial charge on any atom is 0.224 e. The second kappa shape index (κ2) is 5.96. The van der Waals surface area contributed by atoms with Crippen molar-refractivity contribution < 1.29 is 4.79 Å². The molecule has 0 aromatic heterocycles. The van der Waals surface area contributed by atoms with E-state index in [9.17, 15) is 4.79 Å². The predicted molar refractivity (Wildman–Crippen MR) is 82.6 cm³/mol. The van der Waals surface area contributed by atoms with Crippen LogP contribution in [-0.4, -0.2) is 29.9 Å². The summed E-state index contributed by atoms with van der Waals surface area (Å²) in [6.45, 7) is 7.10. The normalized spacial score (nSPS) is 17.9. The van der Waals surface area contributed by atoms with Gasteiger partial charge in [0.1, 0.15) is 0 Å². The van der Waals surface area contributed by atoms with Gasteiger partial charge in [-0.1, -0.05) is 24.3 Å². The molecule has 0 bridgehead atoms. The lowest BCUT2D eigenvalue weighted by molar-refractivity contribution is -0.132. The number of benzene rings is 1. The molecule has 1 atom stereocenters. The molecule has 110 valence electrons. The molecule has 1 aromatic rings. The van der Waals surface area contributed by atoms with Gasteiger partial charge < -0.3 is 10.2 Å². The largest absolute Gasteiger partial charge is 0.339 e. The summed E-state index contributed by atoms with van der Waals surface area (Å²) in [4.78, 5) is 14.2. The topological polar surface area (TPSA) is 32.3 Å². The quantitative estimate of drug-likeness (QED) is 0.915. The van der Waals surface area contributed by atoms with Gasteiger partial charge in [-0.2, -0.15) is 0 Å². The maximum absolute atomic E-state index is 12.3. The van der Waals surface area contributed by atoms with E-state index in [4.69, 9.17) is 0 Å². The van der Waals surface area contributed by atoms with Crippen molar-refractivity contribution in [1.29, 1.82) is 0 Å². The Balaban J connectivity index is 1.92. The molecule has 0 aliphatic heterocycles. The van der Waals surface area contributed by atoms with Crippen LogP contribution in [-0.2, 0) is 11.2 Å². The molecule has 0 saturated carbocycles. The molecule has 0 radical (unpaired) electrons. The van der Waals surface area contributed by atoms with E-state index in [1.54, 1.807) is 0 Å².